The van der Waals surface area contributed by atoms with Crippen molar-refractivity contribution in [1.29, 1.82) is 0 Å². The molecule has 1 aliphatic rings. The zero-order valence-corrected chi connectivity index (χ0v) is 14.5. The number of hydrogen-bond donors (Lipinski definition) is 2. The summed E-state index contributed by atoms with van der Waals surface area (Å²) >= 11 is 0. The fourth-order valence-corrected chi connectivity index (χ4v) is 3.16. The van der Waals surface area contributed by atoms with Crippen LogP contribution in [0.2, 0.25) is 0 Å². The first kappa shape index (κ1) is 17.0. The molecule has 25 heavy (non-hydrogen) atoms. The molecule has 0 bridgehead atoms. The largest absolute Gasteiger partial charge is 0.368 e. The summed E-state index contributed by atoms with van der Waals surface area (Å²) in [7, 11) is 0. The summed E-state index contributed by atoms with van der Waals surface area (Å²) in [5.74, 6) is -0.0816. The molecule has 2 aromatic rings. The van der Waals surface area contributed by atoms with E-state index in [1.165, 1.54) is 22.9 Å². The van der Waals surface area contributed by atoms with E-state index in [1.54, 1.807) is 4.90 Å². The van der Waals surface area contributed by atoms with Gasteiger partial charge in [-0.25, -0.2) is 4.79 Å². The summed E-state index contributed by atoms with van der Waals surface area (Å²) in [6.07, 6.45) is 0.0304. The van der Waals surface area contributed by atoms with Gasteiger partial charge in [0.05, 0.1) is 6.42 Å². The smallest absolute Gasteiger partial charge is 0.325 e. The molecule has 0 aliphatic carbocycles. The minimum Gasteiger partial charge on any atom is -0.368 e. The standard InChI is InChI=1S/C18H22N4O3/c1-12-4-3-5-15(13(12)2)21-6-8-22(9-7-21)17(24)11-14-10-16(23)20-18(25)19-14/h3-5,10H,6-9,11H2,1-2H3,(H2,19,20,23,25). The average Bonchev–Trinajstić information content (AvgIpc) is 2.56. The maximum Gasteiger partial charge on any atom is 0.325 e. The van der Waals surface area contributed by atoms with Crippen molar-refractivity contribution in [3.63, 3.8) is 0 Å². The number of nitrogens with zero attached hydrogens (tertiary/aromatic N) is 2. The van der Waals surface area contributed by atoms with E-state index in [2.05, 4.69) is 46.9 Å². The van der Waals surface area contributed by atoms with E-state index >= 15 is 0 Å². The van der Waals surface area contributed by atoms with Crippen LogP contribution < -0.4 is 16.1 Å². The number of carbonyl (C=O) groups excluding carboxylic acids is 1. The molecule has 2 heterocycles. The van der Waals surface area contributed by atoms with E-state index in [1.807, 2.05) is 0 Å². The number of nitrogens with one attached hydrogen (secondary N) is 2. The lowest BCUT2D eigenvalue weighted by Crippen LogP contribution is -2.49. The molecule has 7 nitrogen and oxygen atoms in total. The molecule has 1 amide bonds. The average molecular weight is 342 g/mol. The van der Waals surface area contributed by atoms with Gasteiger partial charge in [-0.1, -0.05) is 12.1 Å². The van der Waals surface area contributed by atoms with Crippen LogP contribution in [0.15, 0.2) is 33.9 Å². The molecule has 0 spiro atoms. The molecule has 0 atom stereocenters. The van der Waals surface area contributed by atoms with Gasteiger partial charge >= 0.3 is 5.69 Å². The quantitative estimate of drug-likeness (QED) is 0.853. The van der Waals surface area contributed by atoms with Crippen molar-refractivity contribution in [3.8, 4) is 0 Å². The number of piperazine rings is 1. The first-order valence-corrected chi connectivity index (χ1v) is 8.35. The van der Waals surface area contributed by atoms with Gasteiger partial charge in [-0.05, 0) is 31.0 Å². The number of carbonyl (C=O) groups is 1. The molecule has 0 radical (unpaired) electrons. The Hall–Kier alpha value is -2.83. The summed E-state index contributed by atoms with van der Waals surface area (Å²) in [6, 6.07) is 7.52. The highest BCUT2D eigenvalue weighted by Gasteiger charge is 2.22. The van der Waals surface area contributed by atoms with Crippen LogP contribution in [0.25, 0.3) is 0 Å². The summed E-state index contributed by atoms with van der Waals surface area (Å²) in [5, 5.41) is 0. The SMILES string of the molecule is Cc1cccc(N2CCN(C(=O)Cc3cc(=O)[nH]c(=O)[nH]3)CC2)c1C. The van der Waals surface area contributed by atoms with Crippen molar-refractivity contribution in [3.05, 3.63) is 61.9 Å². The fourth-order valence-electron chi connectivity index (χ4n) is 3.16. The van der Waals surface area contributed by atoms with Gasteiger partial charge in [0, 0.05) is 43.6 Å². The number of aromatic amines is 2. The van der Waals surface area contributed by atoms with Crippen molar-refractivity contribution in [1.82, 2.24) is 14.9 Å². The molecule has 0 unspecified atom stereocenters. The number of H-pyrrole nitrogens is 2. The highest BCUT2D eigenvalue weighted by Crippen LogP contribution is 2.23. The summed E-state index contributed by atoms with van der Waals surface area (Å²) in [5.41, 5.74) is 3.00. The third-order valence-electron chi connectivity index (χ3n) is 4.71. The Morgan fingerprint density at radius 3 is 2.48 bits per heavy atom. The third-order valence-corrected chi connectivity index (χ3v) is 4.71. The van der Waals surface area contributed by atoms with Gasteiger partial charge in [-0.2, -0.15) is 0 Å². The summed E-state index contributed by atoms with van der Waals surface area (Å²) < 4.78 is 0. The van der Waals surface area contributed by atoms with Crippen molar-refractivity contribution in [2.45, 2.75) is 20.3 Å². The molecule has 1 saturated heterocycles. The van der Waals surface area contributed by atoms with E-state index in [9.17, 15) is 14.4 Å². The van der Waals surface area contributed by atoms with Crippen LogP contribution in [0.1, 0.15) is 16.8 Å². The van der Waals surface area contributed by atoms with E-state index in [0.29, 0.717) is 18.8 Å². The van der Waals surface area contributed by atoms with Gasteiger partial charge in [-0.15, -0.1) is 0 Å². The van der Waals surface area contributed by atoms with Crippen LogP contribution in [0.4, 0.5) is 5.69 Å². The number of benzene rings is 1. The normalized spacial score (nSPS) is 14.6. The van der Waals surface area contributed by atoms with Crippen molar-refractivity contribution < 1.29 is 4.79 Å². The van der Waals surface area contributed by atoms with Gasteiger partial charge in [0.25, 0.3) is 5.56 Å². The first-order valence-electron chi connectivity index (χ1n) is 8.35. The molecular formula is C18H22N4O3. The van der Waals surface area contributed by atoms with Gasteiger partial charge in [0.1, 0.15) is 0 Å². The second-order valence-electron chi connectivity index (χ2n) is 6.38. The lowest BCUT2D eigenvalue weighted by atomic mass is 10.1. The zero-order valence-electron chi connectivity index (χ0n) is 14.5. The van der Waals surface area contributed by atoms with Crippen molar-refractivity contribution in [2.24, 2.45) is 0 Å². The fraction of sp³-hybridized carbons (Fsp3) is 0.389. The van der Waals surface area contributed by atoms with E-state index in [-0.39, 0.29) is 12.3 Å². The van der Waals surface area contributed by atoms with E-state index in [0.717, 1.165) is 13.1 Å². The Kier molecular flexibility index (Phi) is 4.74. The Morgan fingerprint density at radius 1 is 1.08 bits per heavy atom. The predicted octanol–water partition coefficient (Wildman–Crippen LogP) is 0.571. The Balaban J connectivity index is 1.63. The van der Waals surface area contributed by atoms with Crippen LogP contribution >= 0.6 is 0 Å². The van der Waals surface area contributed by atoms with Gasteiger partial charge < -0.3 is 14.8 Å². The first-order chi connectivity index (χ1) is 11.9. The van der Waals surface area contributed by atoms with Crippen molar-refractivity contribution >= 4 is 11.6 Å². The Morgan fingerprint density at radius 2 is 1.80 bits per heavy atom. The van der Waals surface area contributed by atoms with E-state index in [4.69, 9.17) is 0 Å². The maximum absolute atomic E-state index is 12.4. The van der Waals surface area contributed by atoms with Crippen LogP contribution in [0, 0.1) is 13.8 Å². The lowest BCUT2D eigenvalue weighted by Gasteiger charge is -2.37. The minimum absolute atomic E-state index is 0.0304. The van der Waals surface area contributed by atoms with Crippen LogP contribution in [-0.2, 0) is 11.2 Å². The maximum atomic E-state index is 12.4. The van der Waals surface area contributed by atoms with Gasteiger partial charge in [-0.3, -0.25) is 14.6 Å². The second kappa shape index (κ2) is 6.96. The number of aromatic nitrogens is 2. The molecule has 7 heteroatoms. The molecule has 1 aromatic carbocycles. The summed E-state index contributed by atoms with van der Waals surface area (Å²) in [4.78, 5) is 43.7. The second-order valence-corrected chi connectivity index (χ2v) is 6.38. The molecule has 132 valence electrons. The van der Waals surface area contributed by atoms with Crippen molar-refractivity contribution in [2.75, 3.05) is 31.1 Å². The monoisotopic (exact) mass is 342 g/mol. The molecule has 1 aromatic heterocycles. The minimum atomic E-state index is -0.588. The van der Waals surface area contributed by atoms with Gasteiger partial charge in [0.15, 0.2) is 0 Å². The van der Waals surface area contributed by atoms with Crippen LogP contribution in [0.5, 0.6) is 0 Å². The zero-order chi connectivity index (χ0) is 18.0. The Labute approximate surface area is 145 Å². The Bertz CT molecular complexity index is 863. The number of hydrogen-bond acceptors (Lipinski definition) is 4. The number of anilines is 1. The van der Waals surface area contributed by atoms with E-state index < -0.39 is 11.2 Å². The predicted molar refractivity (Wildman–Crippen MR) is 96.1 cm³/mol. The highest BCUT2D eigenvalue weighted by atomic mass is 16.2. The molecule has 1 aliphatic heterocycles. The van der Waals surface area contributed by atoms with Gasteiger partial charge in [0.2, 0.25) is 5.91 Å². The lowest BCUT2D eigenvalue weighted by molar-refractivity contribution is -0.130. The number of aryl methyl sites for hydroxylation is 1. The molecule has 0 saturated carbocycles. The number of amides is 1. The molecule has 3 rings (SSSR count). The summed E-state index contributed by atoms with van der Waals surface area (Å²) in [6.45, 7) is 7.00. The molecule has 2 N–H and O–H groups in total. The molecule has 1 fully saturated rings. The number of rotatable bonds is 3. The van der Waals surface area contributed by atoms with Crippen LogP contribution in [0.3, 0.4) is 0 Å². The van der Waals surface area contributed by atoms with Crippen LogP contribution in [-0.4, -0.2) is 47.0 Å². The third kappa shape index (κ3) is 3.81. The topological polar surface area (TPSA) is 89.3 Å². The highest BCUT2D eigenvalue weighted by molar-refractivity contribution is 5.78. The molecular weight excluding hydrogens is 320 g/mol.